The summed E-state index contributed by atoms with van der Waals surface area (Å²) >= 11 is 7.55. The Balaban J connectivity index is 2.05. The quantitative estimate of drug-likeness (QED) is 0.867. The van der Waals surface area contributed by atoms with Crippen LogP contribution < -0.4 is 0 Å². The number of benzene rings is 1. The fourth-order valence-electron chi connectivity index (χ4n) is 1.48. The Morgan fingerprint density at radius 1 is 1.47 bits per heavy atom. The van der Waals surface area contributed by atoms with Crippen molar-refractivity contribution in [2.24, 2.45) is 7.05 Å². The smallest absolute Gasteiger partial charge is 0.168 e. The van der Waals surface area contributed by atoms with Gasteiger partial charge < -0.3 is 9.67 Å². The zero-order valence-corrected chi connectivity index (χ0v) is 11.0. The van der Waals surface area contributed by atoms with Crippen LogP contribution in [0, 0.1) is 0 Å². The minimum absolute atomic E-state index is 0.0151. The molecular weight excluding hydrogens is 256 g/mol. The topological polar surface area (TPSA) is 38.0 Å². The molecule has 90 valence electrons. The van der Waals surface area contributed by atoms with E-state index in [0.29, 0.717) is 0 Å². The first-order chi connectivity index (χ1) is 8.20. The molecule has 0 fully saturated rings. The first-order valence-corrected chi connectivity index (χ1v) is 6.55. The van der Waals surface area contributed by atoms with Crippen molar-refractivity contribution in [3.63, 3.8) is 0 Å². The largest absolute Gasteiger partial charge is 0.390 e. The van der Waals surface area contributed by atoms with E-state index in [0.717, 1.165) is 27.2 Å². The summed E-state index contributed by atoms with van der Waals surface area (Å²) in [5.74, 6) is 0.816. The highest BCUT2D eigenvalue weighted by Crippen LogP contribution is 2.23. The van der Waals surface area contributed by atoms with Gasteiger partial charge in [-0.2, -0.15) is 0 Å². The Hall–Kier alpha value is -0.970. The second-order valence-corrected chi connectivity index (χ2v) is 5.05. The molecule has 0 saturated carbocycles. The zero-order chi connectivity index (χ0) is 12.3. The highest BCUT2D eigenvalue weighted by molar-refractivity contribution is 7.98. The van der Waals surface area contributed by atoms with Gasteiger partial charge in [0.05, 0.1) is 18.5 Å². The molecule has 1 aromatic heterocycles. The number of hydrogen-bond donors (Lipinski definition) is 1. The molecule has 0 atom stereocenters. The van der Waals surface area contributed by atoms with Crippen LogP contribution >= 0.6 is 23.4 Å². The highest BCUT2D eigenvalue weighted by Gasteiger charge is 2.06. The van der Waals surface area contributed by atoms with Crippen LogP contribution in [0.2, 0.25) is 5.02 Å². The van der Waals surface area contributed by atoms with E-state index < -0.39 is 0 Å². The van der Waals surface area contributed by atoms with Crippen molar-refractivity contribution in [1.29, 1.82) is 0 Å². The van der Waals surface area contributed by atoms with Crippen LogP contribution in [0.3, 0.4) is 0 Å². The molecule has 0 saturated heterocycles. The van der Waals surface area contributed by atoms with Gasteiger partial charge in [-0.3, -0.25) is 0 Å². The van der Waals surface area contributed by atoms with Gasteiger partial charge in [0.1, 0.15) is 0 Å². The van der Waals surface area contributed by atoms with E-state index in [2.05, 4.69) is 4.98 Å². The van der Waals surface area contributed by atoms with Gasteiger partial charge in [-0.25, -0.2) is 4.98 Å². The number of rotatable bonds is 4. The van der Waals surface area contributed by atoms with Crippen LogP contribution in [0.4, 0.5) is 0 Å². The van der Waals surface area contributed by atoms with Crippen molar-refractivity contribution in [3.8, 4) is 0 Å². The Bertz CT molecular complexity index is 513. The number of thioether (sulfide) groups is 1. The summed E-state index contributed by atoms with van der Waals surface area (Å²) < 4.78 is 1.90. The van der Waals surface area contributed by atoms with Gasteiger partial charge in [0.2, 0.25) is 0 Å². The number of halogens is 1. The van der Waals surface area contributed by atoms with Gasteiger partial charge in [-0.1, -0.05) is 35.5 Å². The molecule has 0 bridgehead atoms. The first-order valence-electron chi connectivity index (χ1n) is 5.19. The first kappa shape index (κ1) is 12.5. The molecule has 0 aliphatic carbocycles. The normalized spacial score (nSPS) is 10.8. The van der Waals surface area contributed by atoms with Gasteiger partial charge in [0.25, 0.3) is 0 Å². The molecule has 1 aromatic carbocycles. The second kappa shape index (κ2) is 5.58. The van der Waals surface area contributed by atoms with Crippen LogP contribution in [0.15, 0.2) is 35.6 Å². The summed E-state index contributed by atoms with van der Waals surface area (Å²) in [6.07, 6.45) is 1.69. The maximum Gasteiger partial charge on any atom is 0.168 e. The predicted octanol–water partition coefficient (Wildman–Crippen LogP) is 2.86. The molecule has 5 heteroatoms. The summed E-state index contributed by atoms with van der Waals surface area (Å²) in [7, 11) is 1.90. The lowest BCUT2D eigenvalue weighted by Gasteiger charge is -2.04. The number of aliphatic hydroxyl groups excluding tert-OH is 1. The summed E-state index contributed by atoms with van der Waals surface area (Å²) in [6, 6.07) is 7.79. The minimum atomic E-state index is 0.0151. The molecule has 17 heavy (non-hydrogen) atoms. The third-order valence-electron chi connectivity index (χ3n) is 2.46. The Morgan fingerprint density at radius 3 is 2.94 bits per heavy atom. The lowest BCUT2D eigenvalue weighted by molar-refractivity contribution is 0.271. The third-order valence-corrected chi connectivity index (χ3v) is 3.81. The standard InChI is InChI=1S/C12H13ClN2OS/c1-15-11(7-16)6-14-12(15)17-8-9-3-2-4-10(13)5-9/h2-6,16H,7-8H2,1H3. The van der Waals surface area contributed by atoms with Crippen molar-refractivity contribution < 1.29 is 5.11 Å². The van der Waals surface area contributed by atoms with Crippen LogP contribution in [-0.2, 0) is 19.4 Å². The van der Waals surface area contributed by atoms with Crippen LogP contribution in [0.1, 0.15) is 11.3 Å². The second-order valence-electron chi connectivity index (χ2n) is 3.67. The molecule has 1 heterocycles. The Morgan fingerprint density at radius 2 is 2.29 bits per heavy atom. The molecular formula is C12H13ClN2OS. The van der Waals surface area contributed by atoms with Crippen molar-refractivity contribution in [1.82, 2.24) is 9.55 Å². The van der Waals surface area contributed by atoms with Gasteiger partial charge in [-0.15, -0.1) is 0 Å². The van der Waals surface area contributed by atoms with Crippen molar-refractivity contribution in [2.75, 3.05) is 0 Å². The minimum Gasteiger partial charge on any atom is -0.390 e. The molecule has 3 nitrogen and oxygen atoms in total. The molecule has 0 unspecified atom stereocenters. The summed E-state index contributed by atoms with van der Waals surface area (Å²) in [6.45, 7) is 0.0151. The molecule has 0 aliphatic rings. The van der Waals surface area contributed by atoms with Crippen LogP contribution in [-0.4, -0.2) is 14.7 Å². The van der Waals surface area contributed by atoms with Crippen molar-refractivity contribution in [3.05, 3.63) is 46.7 Å². The third kappa shape index (κ3) is 3.03. The molecule has 2 aromatic rings. The lowest BCUT2D eigenvalue weighted by atomic mass is 10.2. The fraction of sp³-hybridized carbons (Fsp3) is 0.250. The molecule has 2 rings (SSSR count). The summed E-state index contributed by atoms with van der Waals surface area (Å²) in [5.41, 5.74) is 1.98. The van der Waals surface area contributed by atoms with Crippen LogP contribution in [0.5, 0.6) is 0 Å². The van der Waals surface area contributed by atoms with Crippen molar-refractivity contribution in [2.45, 2.75) is 17.5 Å². The average Bonchev–Trinajstić information content (AvgIpc) is 2.67. The van der Waals surface area contributed by atoms with E-state index in [1.165, 1.54) is 0 Å². The van der Waals surface area contributed by atoms with Gasteiger partial charge in [0.15, 0.2) is 5.16 Å². The van der Waals surface area contributed by atoms with Crippen LogP contribution in [0.25, 0.3) is 0 Å². The highest BCUT2D eigenvalue weighted by atomic mass is 35.5. The van der Waals surface area contributed by atoms with E-state index in [1.807, 2.05) is 35.9 Å². The van der Waals surface area contributed by atoms with E-state index in [4.69, 9.17) is 16.7 Å². The summed E-state index contributed by atoms with van der Waals surface area (Å²) in [4.78, 5) is 4.26. The van der Waals surface area contributed by atoms with E-state index in [-0.39, 0.29) is 6.61 Å². The van der Waals surface area contributed by atoms with Crippen molar-refractivity contribution >= 4 is 23.4 Å². The molecule has 0 aliphatic heterocycles. The molecule has 0 spiro atoms. The maximum atomic E-state index is 9.07. The van der Waals surface area contributed by atoms with Gasteiger partial charge >= 0.3 is 0 Å². The Kier molecular flexibility index (Phi) is 4.10. The predicted molar refractivity (Wildman–Crippen MR) is 70.1 cm³/mol. The zero-order valence-electron chi connectivity index (χ0n) is 9.43. The maximum absolute atomic E-state index is 9.07. The summed E-state index contributed by atoms with van der Waals surface area (Å²) in [5, 5.41) is 10.7. The fourth-order valence-corrected chi connectivity index (χ4v) is 2.61. The Labute approximate surface area is 109 Å². The number of aromatic nitrogens is 2. The lowest BCUT2D eigenvalue weighted by Crippen LogP contribution is -1.97. The SMILES string of the molecule is Cn1c(CO)cnc1SCc1cccc(Cl)c1. The molecule has 1 N–H and O–H groups in total. The number of imidazole rings is 1. The van der Waals surface area contributed by atoms with E-state index in [1.54, 1.807) is 18.0 Å². The van der Waals surface area contributed by atoms with E-state index >= 15 is 0 Å². The number of aliphatic hydroxyl groups is 1. The van der Waals surface area contributed by atoms with Gasteiger partial charge in [-0.05, 0) is 17.7 Å². The number of hydrogen-bond acceptors (Lipinski definition) is 3. The number of nitrogens with zero attached hydrogens (tertiary/aromatic N) is 2. The average molecular weight is 269 g/mol. The molecule has 0 amide bonds. The monoisotopic (exact) mass is 268 g/mol. The molecule has 0 radical (unpaired) electrons. The van der Waals surface area contributed by atoms with Gasteiger partial charge in [0, 0.05) is 17.8 Å². The van der Waals surface area contributed by atoms with E-state index in [9.17, 15) is 0 Å².